The fourth-order valence-corrected chi connectivity index (χ4v) is 6.85. The average molecular weight is 410 g/mol. The van der Waals surface area contributed by atoms with Crippen molar-refractivity contribution in [3.63, 3.8) is 0 Å². The van der Waals surface area contributed by atoms with Gasteiger partial charge in [0, 0.05) is 9.80 Å². The molecule has 0 spiro atoms. The van der Waals surface area contributed by atoms with E-state index in [0.717, 1.165) is 31.0 Å². The molecule has 1 aliphatic rings. The van der Waals surface area contributed by atoms with E-state index in [1.54, 1.807) is 18.2 Å². The Labute approximate surface area is 132 Å². The number of hydrogen-bond acceptors (Lipinski definition) is 2. The summed E-state index contributed by atoms with van der Waals surface area (Å²) in [7, 11) is -3.24. The van der Waals surface area contributed by atoms with Crippen molar-refractivity contribution in [2.24, 2.45) is 5.41 Å². The molecule has 19 heavy (non-hydrogen) atoms. The molecule has 106 valence electrons. The topological polar surface area (TPSA) is 34.1 Å². The van der Waals surface area contributed by atoms with Crippen LogP contribution >= 0.6 is 31.9 Å². The molecule has 0 saturated heterocycles. The highest BCUT2D eigenvalue weighted by Gasteiger charge is 2.36. The van der Waals surface area contributed by atoms with E-state index in [1.807, 2.05) is 6.07 Å². The summed E-state index contributed by atoms with van der Waals surface area (Å²) < 4.78 is 25.9. The first-order valence-electron chi connectivity index (χ1n) is 6.52. The number of rotatable bonds is 4. The molecule has 0 heterocycles. The van der Waals surface area contributed by atoms with Crippen LogP contribution in [0.2, 0.25) is 0 Å². The van der Waals surface area contributed by atoms with Crippen LogP contribution in [0.25, 0.3) is 0 Å². The molecular formula is C14H18Br2O2S. The lowest BCUT2D eigenvalue weighted by molar-refractivity contribution is 0.256. The highest BCUT2D eigenvalue weighted by Crippen LogP contribution is 2.40. The first-order chi connectivity index (χ1) is 8.99. The number of sulfone groups is 1. The maximum atomic E-state index is 12.6. The first-order valence-corrected chi connectivity index (χ1v) is 10.1. The maximum Gasteiger partial charge on any atom is 0.180 e. The van der Waals surface area contributed by atoms with Crippen molar-refractivity contribution in [3.8, 4) is 0 Å². The summed E-state index contributed by atoms with van der Waals surface area (Å²) in [4.78, 5) is 0.417. The molecule has 1 saturated carbocycles. The Hall–Kier alpha value is 0.130. The Morgan fingerprint density at radius 2 is 1.74 bits per heavy atom. The third kappa shape index (κ3) is 3.61. The van der Waals surface area contributed by atoms with E-state index < -0.39 is 9.84 Å². The molecule has 0 radical (unpaired) electrons. The third-order valence-corrected chi connectivity index (χ3v) is 8.03. The minimum absolute atomic E-state index is 0.0909. The van der Waals surface area contributed by atoms with Crippen LogP contribution in [0.5, 0.6) is 0 Å². The SMILES string of the molecule is O=S(=O)(CC1(CBr)CCCCC1)c1ccccc1Br. The third-order valence-electron chi connectivity index (χ3n) is 3.87. The van der Waals surface area contributed by atoms with E-state index in [9.17, 15) is 8.42 Å². The van der Waals surface area contributed by atoms with E-state index in [-0.39, 0.29) is 11.2 Å². The minimum Gasteiger partial charge on any atom is -0.224 e. The molecular weight excluding hydrogens is 392 g/mol. The second-order valence-electron chi connectivity index (χ2n) is 5.38. The molecule has 1 aromatic rings. The molecule has 0 amide bonds. The van der Waals surface area contributed by atoms with Crippen LogP contribution in [0.3, 0.4) is 0 Å². The first kappa shape index (κ1) is 15.5. The van der Waals surface area contributed by atoms with Gasteiger partial charge in [0.1, 0.15) is 0 Å². The lowest BCUT2D eigenvalue weighted by Gasteiger charge is -2.35. The number of hydrogen-bond donors (Lipinski definition) is 0. The van der Waals surface area contributed by atoms with Crippen LogP contribution in [-0.2, 0) is 9.84 Å². The summed E-state index contributed by atoms with van der Waals surface area (Å²) in [5.41, 5.74) is -0.0909. The zero-order chi connectivity index (χ0) is 13.9. The standard InChI is InChI=1S/C14H18Br2O2S/c15-10-14(8-4-1-5-9-14)11-19(17,18)13-7-3-2-6-12(13)16/h2-3,6-7H,1,4-5,8-11H2. The fraction of sp³-hybridized carbons (Fsp3) is 0.571. The number of alkyl halides is 1. The second kappa shape index (κ2) is 6.27. The van der Waals surface area contributed by atoms with Gasteiger partial charge < -0.3 is 0 Å². The van der Waals surface area contributed by atoms with Crippen molar-refractivity contribution in [3.05, 3.63) is 28.7 Å². The van der Waals surface area contributed by atoms with Crippen LogP contribution in [0, 0.1) is 5.41 Å². The van der Waals surface area contributed by atoms with E-state index in [2.05, 4.69) is 31.9 Å². The van der Waals surface area contributed by atoms with Gasteiger partial charge >= 0.3 is 0 Å². The molecule has 2 nitrogen and oxygen atoms in total. The molecule has 5 heteroatoms. The van der Waals surface area contributed by atoms with Gasteiger partial charge in [-0.15, -0.1) is 0 Å². The second-order valence-corrected chi connectivity index (χ2v) is 8.76. The van der Waals surface area contributed by atoms with Crippen molar-refractivity contribution in [2.45, 2.75) is 37.0 Å². The van der Waals surface area contributed by atoms with Crippen LogP contribution in [0.1, 0.15) is 32.1 Å². The number of halogens is 2. The van der Waals surface area contributed by atoms with Crippen molar-refractivity contribution >= 4 is 41.7 Å². The predicted octanol–water partition coefficient (Wildman–Crippen LogP) is 4.57. The van der Waals surface area contributed by atoms with Gasteiger partial charge in [0.2, 0.25) is 0 Å². The summed E-state index contributed by atoms with van der Waals surface area (Å²) >= 11 is 6.88. The molecule has 0 aliphatic heterocycles. The van der Waals surface area contributed by atoms with Crippen molar-refractivity contribution in [1.29, 1.82) is 0 Å². The van der Waals surface area contributed by atoms with Crippen LogP contribution in [0.4, 0.5) is 0 Å². The average Bonchev–Trinajstić information content (AvgIpc) is 2.39. The van der Waals surface area contributed by atoms with E-state index in [1.165, 1.54) is 6.42 Å². The molecule has 0 aromatic heterocycles. The van der Waals surface area contributed by atoms with E-state index in [4.69, 9.17) is 0 Å². The van der Waals surface area contributed by atoms with E-state index in [0.29, 0.717) is 9.37 Å². The molecule has 1 fully saturated rings. The van der Waals surface area contributed by atoms with Crippen LogP contribution < -0.4 is 0 Å². The lowest BCUT2D eigenvalue weighted by Crippen LogP contribution is -2.34. The van der Waals surface area contributed by atoms with Crippen LogP contribution in [-0.4, -0.2) is 19.5 Å². The molecule has 2 rings (SSSR count). The van der Waals surface area contributed by atoms with Crippen molar-refractivity contribution < 1.29 is 8.42 Å². The monoisotopic (exact) mass is 408 g/mol. The van der Waals surface area contributed by atoms with Crippen molar-refractivity contribution in [2.75, 3.05) is 11.1 Å². The summed E-state index contributed by atoms with van der Waals surface area (Å²) in [6, 6.07) is 7.09. The highest BCUT2D eigenvalue weighted by atomic mass is 79.9. The van der Waals surface area contributed by atoms with Gasteiger partial charge in [0.25, 0.3) is 0 Å². The molecule has 1 aromatic carbocycles. The minimum atomic E-state index is -3.24. The summed E-state index contributed by atoms with van der Waals surface area (Å²) in [6.07, 6.45) is 5.50. The summed E-state index contributed by atoms with van der Waals surface area (Å²) in [5.74, 6) is 0.244. The molecule has 0 unspecified atom stereocenters. The molecule has 0 N–H and O–H groups in total. The summed E-state index contributed by atoms with van der Waals surface area (Å²) in [6.45, 7) is 0. The highest BCUT2D eigenvalue weighted by molar-refractivity contribution is 9.10. The zero-order valence-corrected chi connectivity index (χ0v) is 14.7. The Kier molecular flexibility index (Phi) is 5.12. The van der Waals surface area contributed by atoms with Gasteiger partial charge in [-0.1, -0.05) is 47.3 Å². The Morgan fingerprint density at radius 1 is 1.11 bits per heavy atom. The Bertz CT molecular complexity index is 534. The van der Waals surface area contributed by atoms with Gasteiger partial charge in [0.15, 0.2) is 9.84 Å². The van der Waals surface area contributed by atoms with Crippen molar-refractivity contribution in [1.82, 2.24) is 0 Å². The van der Waals surface area contributed by atoms with Gasteiger partial charge in [0.05, 0.1) is 10.6 Å². The molecule has 0 atom stereocenters. The predicted molar refractivity (Wildman–Crippen MR) is 85.5 cm³/mol. The largest absolute Gasteiger partial charge is 0.224 e. The smallest absolute Gasteiger partial charge is 0.180 e. The maximum absolute atomic E-state index is 12.6. The molecule has 1 aliphatic carbocycles. The Morgan fingerprint density at radius 3 is 2.32 bits per heavy atom. The fourth-order valence-electron chi connectivity index (χ4n) is 2.80. The zero-order valence-electron chi connectivity index (χ0n) is 10.7. The quantitative estimate of drug-likeness (QED) is 0.682. The number of benzene rings is 1. The van der Waals surface area contributed by atoms with Gasteiger partial charge in [-0.2, -0.15) is 0 Å². The van der Waals surface area contributed by atoms with Gasteiger partial charge in [-0.05, 0) is 46.3 Å². The lowest BCUT2D eigenvalue weighted by atomic mass is 9.77. The normalized spacial score (nSPS) is 19.3. The van der Waals surface area contributed by atoms with Gasteiger partial charge in [-0.25, -0.2) is 8.42 Å². The Balaban J connectivity index is 2.28. The molecule has 0 bridgehead atoms. The van der Waals surface area contributed by atoms with Gasteiger partial charge in [-0.3, -0.25) is 0 Å². The summed E-state index contributed by atoms with van der Waals surface area (Å²) in [5, 5.41) is 0.768. The van der Waals surface area contributed by atoms with E-state index >= 15 is 0 Å². The van der Waals surface area contributed by atoms with Crippen LogP contribution in [0.15, 0.2) is 33.6 Å².